The Morgan fingerprint density at radius 2 is 1.57 bits per heavy atom. The summed E-state index contributed by atoms with van der Waals surface area (Å²) in [4.78, 5) is 32.6. The van der Waals surface area contributed by atoms with Crippen LogP contribution in [0.1, 0.15) is 58.1 Å². The summed E-state index contributed by atoms with van der Waals surface area (Å²) in [5.74, 6) is -0.388. The zero-order valence-corrected chi connectivity index (χ0v) is 25.5. The van der Waals surface area contributed by atoms with Gasteiger partial charge in [-0.05, 0) is 47.2 Å². The van der Waals surface area contributed by atoms with Crippen molar-refractivity contribution < 1.29 is 9.72 Å². The van der Waals surface area contributed by atoms with E-state index in [2.05, 4.69) is 54.0 Å². The third-order valence-corrected chi connectivity index (χ3v) is 8.02. The summed E-state index contributed by atoms with van der Waals surface area (Å²) in [7, 11) is 0. The number of nitro groups is 1. The van der Waals surface area contributed by atoms with Gasteiger partial charge in [0.1, 0.15) is 0 Å². The summed E-state index contributed by atoms with van der Waals surface area (Å²) < 4.78 is 0. The third kappa shape index (κ3) is 6.73. The van der Waals surface area contributed by atoms with E-state index in [1.807, 2.05) is 30.5 Å². The molecule has 0 spiro atoms. The minimum absolute atomic E-state index is 0. The molecule has 1 aliphatic rings. The Kier molecular flexibility index (Phi) is 11.4. The summed E-state index contributed by atoms with van der Waals surface area (Å²) >= 11 is 0. The van der Waals surface area contributed by atoms with Gasteiger partial charge >= 0.3 is 0 Å². The lowest BCUT2D eigenvalue weighted by Gasteiger charge is -2.41. The molecule has 0 aliphatic carbocycles. The maximum Gasteiger partial charge on any atom is 0.269 e. The summed E-state index contributed by atoms with van der Waals surface area (Å²) in [6.07, 6.45) is 3.38. The van der Waals surface area contributed by atoms with E-state index in [1.165, 1.54) is 11.1 Å². The molecule has 1 unspecified atom stereocenters. The molecule has 1 amide bonds. The van der Waals surface area contributed by atoms with Gasteiger partial charge in [0, 0.05) is 67.6 Å². The van der Waals surface area contributed by atoms with Crippen LogP contribution in [0.25, 0.3) is 10.9 Å². The number of para-hydroxylation sites is 1. The topological polar surface area (TPSA) is 106 Å². The minimum Gasteiger partial charge on any atom is -0.366 e. The fourth-order valence-corrected chi connectivity index (χ4v) is 6.09. The van der Waals surface area contributed by atoms with Crippen LogP contribution in [-0.2, 0) is 19.4 Å². The predicted molar refractivity (Wildman–Crippen MR) is 172 cm³/mol. The van der Waals surface area contributed by atoms with Crippen molar-refractivity contribution in [2.24, 2.45) is 5.73 Å². The van der Waals surface area contributed by atoms with Crippen LogP contribution in [0.2, 0.25) is 0 Å². The van der Waals surface area contributed by atoms with Crippen molar-refractivity contribution >= 4 is 47.3 Å². The van der Waals surface area contributed by atoms with Gasteiger partial charge in [-0.15, -0.1) is 24.8 Å². The molecule has 3 aromatic carbocycles. The number of aromatic nitrogens is 1. The van der Waals surface area contributed by atoms with Crippen molar-refractivity contribution in [1.82, 2.24) is 14.8 Å². The largest absolute Gasteiger partial charge is 0.366 e. The predicted octanol–water partition coefficient (Wildman–Crippen LogP) is 6.12. The molecular weight excluding hydrogens is 573 g/mol. The minimum atomic E-state index is -0.388. The molecule has 0 bridgehead atoms. The average Bonchev–Trinajstić information content (AvgIpc) is 2.98. The fourth-order valence-electron chi connectivity index (χ4n) is 6.09. The number of primary amides is 1. The molecule has 1 saturated heterocycles. The number of carbonyl (C=O) groups is 1. The number of hydrogen-bond donors (Lipinski definition) is 1. The second-order valence-electron chi connectivity index (χ2n) is 10.3. The number of halogens is 2. The van der Waals surface area contributed by atoms with Crippen molar-refractivity contribution in [3.8, 4) is 0 Å². The molecule has 1 atom stereocenters. The third-order valence-electron chi connectivity index (χ3n) is 8.02. The highest BCUT2D eigenvalue weighted by Crippen LogP contribution is 2.37. The number of benzene rings is 3. The molecule has 5 rings (SSSR count). The van der Waals surface area contributed by atoms with Gasteiger partial charge in [0.25, 0.3) is 5.69 Å². The van der Waals surface area contributed by atoms with Gasteiger partial charge in [-0.1, -0.05) is 56.3 Å². The maximum atomic E-state index is 12.3. The number of nitrogens with zero attached hydrogens (tertiary/aromatic N) is 4. The number of nitrogens with two attached hydrogens (primary N) is 1. The van der Waals surface area contributed by atoms with E-state index in [4.69, 9.17) is 10.7 Å². The number of non-ortho nitro benzene ring substituents is 1. The first-order chi connectivity index (χ1) is 19.4. The van der Waals surface area contributed by atoms with E-state index < -0.39 is 0 Å². The van der Waals surface area contributed by atoms with E-state index in [1.54, 1.807) is 12.1 Å². The van der Waals surface area contributed by atoms with E-state index >= 15 is 0 Å². The molecule has 222 valence electrons. The Bertz CT molecular complexity index is 1530. The molecule has 42 heavy (non-hydrogen) atoms. The Morgan fingerprint density at radius 1 is 0.905 bits per heavy atom. The first-order valence-electron chi connectivity index (χ1n) is 13.9. The maximum absolute atomic E-state index is 12.3. The lowest BCUT2D eigenvalue weighted by molar-refractivity contribution is -0.384. The van der Waals surface area contributed by atoms with E-state index in [0.29, 0.717) is 5.56 Å². The van der Waals surface area contributed by atoms with Crippen LogP contribution in [0.5, 0.6) is 0 Å². The molecule has 8 nitrogen and oxygen atoms in total. The van der Waals surface area contributed by atoms with Crippen LogP contribution in [0, 0.1) is 10.1 Å². The summed E-state index contributed by atoms with van der Waals surface area (Å²) in [6.45, 7) is 8.41. The van der Waals surface area contributed by atoms with E-state index in [9.17, 15) is 14.9 Å². The van der Waals surface area contributed by atoms with Crippen LogP contribution in [0.4, 0.5) is 5.69 Å². The molecule has 1 aliphatic heterocycles. The van der Waals surface area contributed by atoms with Gasteiger partial charge < -0.3 is 5.73 Å². The number of hydrogen-bond acceptors (Lipinski definition) is 6. The van der Waals surface area contributed by atoms with Crippen molar-refractivity contribution in [2.75, 3.05) is 26.2 Å². The molecule has 1 aromatic heterocycles. The number of amides is 1. The highest BCUT2D eigenvalue weighted by molar-refractivity contribution is 5.95. The normalized spacial score (nSPS) is 14.5. The van der Waals surface area contributed by atoms with E-state index in [0.717, 1.165) is 73.2 Å². The van der Waals surface area contributed by atoms with Gasteiger partial charge in [-0.3, -0.25) is 29.7 Å². The second kappa shape index (κ2) is 14.6. The number of rotatable bonds is 9. The first-order valence-corrected chi connectivity index (χ1v) is 13.9. The average molecular weight is 611 g/mol. The summed E-state index contributed by atoms with van der Waals surface area (Å²) in [6, 6.07) is 21.2. The fraction of sp³-hybridized carbons (Fsp3) is 0.312. The van der Waals surface area contributed by atoms with Crippen molar-refractivity contribution in [3.05, 3.63) is 116 Å². The molecule has 4 aromatic rings. The van der Waals surface area contributed by atoms with Crippen molar-refractivity contribution in [1.29, 1.82) is 0 Å². The molecule has 2 heterocycles. The molecular formula is C32H37Cl2N5O3. The quantitative estimate of drug-likeness (QED) is 0.181. The van der Waals surface area contributed by atoms with Crippen LogP contribution in [-0.4, -0.2) is 51.8 Å². The summed E-state index contributed by atoms with van der Waals surface area (Å²) in [5, 5.41) is 12.1. The second-order valence-corrected chi connectivity index (χ2v) is 10.3. The monoisotopic (exact) mass is 609 g/mol. The summed E-state index contributed by atoms with van der Waals surface area (Å²) in [5.41, 5.74) is 13.1. The van der Waals surface area contributed by atoms with Gasteiger partial charge in [0.05, 0.1) is 16.5 Å². The van der Waals surface area contributed by atoms with Crippen molar-refractivity contribution in [3.63, 3.8) is 0 Å². The zero-order valence-electron chi connectivity index (χ0n) is 23.9. The number of pyridine rings is 1. The van der Waals surface area contributed by atoms with Gasteiger partial charge in [0.15, 0.2) is 0 Å². The molecule has 10 heteroatoms. The number of piperazine rings is 1. The Labute approximate surface area is 258 Å². The van der Waals surface area contributed by atoms with Crippen LogP contribution >= 0.6 is 24.8 Å². The lowest BCUT2D eigenvalue weighted by Crippen LogP contribution is -2.47. The first kappa shape index (κ1) is 32.9. The van der Waals surface area contributed by atoms with Crippen molar-refractivity contribution in [2.45, 2.75) is 39.3 Å². The highest BCUT2D eigenvalue weighted by atomic mass is 35.5. The molecule has 2 N–H and O–H groups in total. The number of nitro benzene ring substituents is 1. The lowest BCUT2D eigenvalue weighted by atomic mass is 9.85. The standard InChI is InChI=1S/C32H35N5O3.2ClH/c1-3-25-26(4-2)28(32(33)38)15-14-27(25)31(29-9-5-7-23-8-6-16-34-30(23)29)36-19-17-35(18-20-36)21-22-10-12-24(13-11-22)37(39)40;;/h5-16,31H,3-4,17-21H2,1-2H3,(H2,33,38);2*1H. The van der Waals surface area contributed by atoms with Gasteiger partial charge in [-0.25, -0.2) is 0 Å². The van der Waals surface area contributed by atoms with Gasteiger partial charge in [-0.2, -0.15) is 0 Å². The highest BCUT2D eigenvalue weighted by Gasteiger charge is 2.31. The van der Waals surface area contributed by atoms with Crippen LogP contribution in [0.3, 0.4) is 0 Å². The smallest absolute Gasteiger partial charge is 0.269 e. The Balaban J connectivity index is 0.00000242. The van der Waals surface area contributed by atoms with Crippen LogP contribution in [0.15, 0.2) is 72.9 Å². The Hall–Kier alpha value is -3.56. The SMILES string of the molecule is CCc1c(C(N)=O)ccc(C(c2cccc3cccnc23)N2CCN(Cc3ccc([N+](=O)[O-])cc3)CC2)c1CC.Cl.Cl. The zero-order chi connectivity index (χ0) is 28.2. The number of carbonyl (C=O) groups excluding carboxylic acids is 1. The van der Waals surface area contributed by atoms with E-state index in [-0.39, 0.29) is 47.4 Å². The Morgan fingerprint density at radius 3 is 2.19 bits per heavy atom. The van der Waals surface area contributed by atoms with Crippen LogP contribution < -0.4 is 5.73 Å². The molecule has 1 fully saturated rings. The molecule has 0 saturated carbocycles. The molecule has 0 radical (unpaired) electrons. The van der Waals surface area contributed by atoms with Gasteiger partial charge in [0.2, 0.25) is 5.91 Å². The number of fused-ring (bicyclic) bond motifs is 1.